The van der Waals surface area contributed by atoms with E-state index in [4.69, 9.17) is 9.47 Å². The molecule has 1 fully saturated rings. The minimum absolute atomic E-state index is 0.137. The van der Waals surface area contributed by atoms with Crippen molar-refractivity contribution in [2.24, 2.45) is 0 Å². The van der Waals surface area contributed by atoms with Crippen molar-refractivity contribution >= 4 is 51.3 Å². The third-order valence-corrected chi connectivity index (χ3v) is 10.5. The molecule has 50 heavy (non-hydrogen) atoms. The Balaban J connectivity index is 1.31. The fourth-order valence-corrected chi connectivity index (χ4v) is 7.70. The smallest absolute Gasteiger partial charge is 0.301 e. The molecule has 3 aromatic heterocycles. The summed E-state index contributed by atoms with van der Waals surface area (Å²) >= 11 is 2.35. The number of thioether (sulfide) groups is 1. The summed E-state index contributed by atoms with van der Waals surface area (Å²) in [5.41, 5.74) is 4.01. The van der Waals surface area contributed by atoms with Crippen LogP contribution in [0.25, 0.3) is 11.4 Å². The Bertz CT molecular complexity index is 2290. The van der Waals surface area contributed by atoms with Crippen molar-refractivity contribution in [2.45, 2.75) is 36.6 Å². The molecule has 0 spiro atoms. The number of methoxy groups -OCH3 is 1. The summed E-state index contributed by atoms with van der Waals surface area (Å²) in [6.07, 6.45) is 1.82. The number of carbonyl (C=O) groups is 2. The van der Waals surface area contributed by atoms with Crippen LogP contribution in [0.15, 0.2) is 101 Å². The van der Waals surface area contributed by atoms with Crippen LogP contribution in [0.3, 0.4) is 0 Å². The van der Waals surface area contributed by atoms with Gasteiger partial charge >= 0.3 is 5.91 Å². The number of ether oxygens (including phenoxy) is 2. The number of imidazole rings is 1. The van der Waals surface area contributed by atoms with E-state index in [0.717, 1.165) is 22.5 Å². The van der Waals surface area contributed by atoms with Crippen LogP contribution in [-0.4, -0.2) is 43.5 Å². The summed E-state index contributed by atoms with van der Waals surface area (Å²) < 4.78 is 28.3. The van der Waals surface area contributed by atoms with E-state index in [-0.39, 0.29) is 28.0 Å². The quantitative estimate of drug-likeness (QED) is 0.0509. The number of aliphatic hydroxyl groups is 1. The molecule has 1 N–H and O–H groups in total. The lowest BCUT2D eigenvalue weighted by Crippen LogP contribution is -2.29. The average molecular weight is 708 g/mol. The number of aliphatic hydroxyl groups excluding tert-OH is 1. The lowest BCUT2D eigenvalue weighted by molar-refractivity contribution is -0.132. The summed E-state index contributed by atoms with van der Waals surface area (Å²) in [6.45, 7) is 3.97. The molecule has 13 heteroatoms. The van der Waals surface area contributed by atoms with E-state index in [0.29, 0.717) is 44.9 Å². The van der Waals surface area contributed by atoms with Crippen LogP contribution < -0.4 is 14.4 Å². The molecule has 0 bridgehead atoms. The van der Waals surface area contributed by atoms with Crippen molar-refractivity contribution in [1.82, 2.24) is 19.6 Å². The normalized spacial score (nSPS) is 15.6. The average Bonchev–Trinajstić information content (AvgIpc) is 3.81. The maximum atomic E-state index is 14.3. The number of hydrogen-bond acceptors (Lipinski definition) is 10. The minimum atomic E-state index is -1.12. The zero-order valence-electron chi connectivity index (χ0n) is 27.2. The van der Waals surface area contributed by atoms with Crippen LogP contribution in [-0.2, 0) is 21.9 Å². The van der Waals surface area contributed by atoms with Gasteiger partial charge in [-0.3, -0.25) is 14.5 Å². The monoisotopic (exact) mass is 707 g/mol. The number of rotatable bonds is 10. The number of ketones is 1. The van der Waals surface area contributed by atoms with Crippen LogP contribution >= 0.6 is 23.1 Å². The van der Waals surface area contributed by atoms with Gasteiger partial charge in [-0.15, -0.1) is 10.2 Å². The molecule has 0 aliphatic carbocycles. The molecule has 1 aliphatic rings. The second-order valence-corrected chi connectivity index (χ2v) is 13.7. The Morgan fingerprint density at radius 1 is 0.980 bits per heavy atom. The van der Waals surface area contributed by atoms with Crippen molar-refractivity contribution in [2.75, 3.05) is 12.0 Å². The van der Waals surface area contributed by atoms with Crippen LogP contribution in [0, 0.1) is 19.7 Å². The molecule has 4 heterocycles. The molecule has 1 unspecified atom stereocenters. The number of benzene rings is 3. The Morgan fingerprint density at radius 2 is 1.76 bits per heavy atom. The predicted molar refractivity (Wildman–Crippen MR) is 189 cm³/mol. The van der Waals surface area contributed by atoms with Crippen molar-refractivity contribution in [1.29, 1.82) is 0 Å². The van der Waals surface area contributed by atoms with E-state index < -0.39 is 23.5 Å². The fraction of sp³-hybridized carbons (Fsp3) is 0.162. The first-order chi connectivity index (χ1) is 24.2. The highest BCUT2D eigenvalue weighted by atomic mass is 32.2. The first kappa shape index (κ1) is 33.0. The number of nitrogens with zero attached hydrogens (tertiary/aromatic N) is 5. The van der Waals surface area contributed by atoms with Gasteiger partial charge in [-0.05, 0) is 60.4 Å². The molecule has 252 valence electrons. The van der Waals surface area contributed by atoms with Gasteiger partial charge in [0, 0.05) is 11.9 Å². The van der Waals surface area contributed by atoms with Gasteiger partial charge in [0.2, 0.25) is 5.13 Å². The van der Waals surface area contributed by atoms with E-state index in [9.17, 15) is 19.1 Å². The SMILES string of the molecule is COc1cc(C2C(=C(O)c3nc4c(C)cccn4c3C)C(=O)C(=O)N2c2nnc(SCc3ccccc3F)s2)ccc1OCc1ccccc1. The molecule has 0 radical (unpaired) electrons. The van der Waals surface area contributed by atoms with Gasteiger partial charge in [-0.1, -0.05) is 83.8 Å². The number of aryl methyl sites for hydroxylation is 2. The third kappa shape index (κ3) is 6.09. The lowest BCUT2D eigenvalue weighted by Gasteiger charge is -2.23. The standard InChI is InChI=1S/C37H30FN5O5S2/c1-21-10-9-17-42-22(2)30(39-34(21)42)32(44)29-31(24-15-16-27(28(18-24)47-3)48-19-23-11-5-4-6-12-23)43(35(46)33(29)45)36-40-41-37(50-36)49-20-25-13-7-8-14-26(25)38/h4-18,31,44H,19-20H2,1-3H3. The highest BCUT2D eigenvalue weighted by Gasteiger charge is 2.49. The van der Waals surface area contributed by atoms with Crippen molar-refractivity contribution < 1.29 is 28.6 Å². The number of aromatic nitrogens is 4. The molecule has 6 aromatic rings. The summed E-state index contributed by atoms with van der Waals surface area (Å²) in [5, 5.41) is 20.5. The molecule has 0 saturated carbocycles. The number of amides is 1. The summed E-state index contributed by atoms with van der Waals surface area (Å²) in [6, 6.07) is 23.8. The second kappa shape index (κ2) is 13.8. The summed E-state index contributed by atoms with van der Waals surface area (Å²) in [4.78, 5) is 33.7. The lowest BCUT2D eigenvalue weighted by atomic mass is 9.96. The van der Waals surface area contributed by atoms with Gasteiger partial charge in [0.05, 0.1) is 24.4 Å². The Hall–Kier alpha value is -5.53. The molecule has 10 nitrogen and oxygen atoms in total. The first-order valence-electron chi connectivity index (χ1n) is 15.5. The van der Waals surface area contributed by atoms with E-state index in [2.05, 4.69) is 15.2 Å². The molecule has 3 aromatic carbocycles. The molecule has 1 atom stereocenters. The first-order valence-corrected chi connectivity index (χ1v) is 17.4. The third-order valence-electron chi connectivity index (χ3n) is 8.40. The fourth-order valence-electron chi connectivity index (χ4n) is 5.84. The molecule has 7 rings (SSSR count). The largest absolute Gasteiger partial charge is 0.505 e. The minimum Gasteiger partial charge on any atom is -0.505 e. The second-order valence-electron chi connectivity index (χ2n) is 11.5. The Labute approximate surface area is 294 Å². The molecule has 1 saturated heterocycles. The van der Waals surface area contributed by atoms with E-state index in [1.54, 1.807) is 43.3 Å². The number of hydrogen-bond donors (Lipinski definition) is 1. The van der Waals surface area contributed by atoms with Gasteiger partial charge in [0.1, 0.15) is 23.8 Å². The van der Waals surface area contributed by atoms with Crippen LogP contribution in [0.2, 0.25) is 0 Å². The zero-order chi connectivity index (χ0) is 34.9. The summed E-state index contributed by atoms with van der Waals surface area (Å²) in [7, 11) is 1.50. The number of carbonyl (C=O) groups excluding carboxylic acids is 2. The highest BCUT2D eigenvalue weighted by molar-refractivity contribution is 8.00. The van der Waals surface area contributed by atoms with Crippen LogP contribution in [0.4, 0.5) is 9.52 Å². The number of anilines is 1. The van der Waals surface area contributed by atoms with Gasteiger partial charge in [-0.2, -0.15) is 0 Å². The van der Waals surface area contributed by atoms with Crippen molar-refractivity contribution in [3.8, 4) is 11.5 Å². The Kier molecular flexibility index (Phi) is 9.08. The van der Waals surface area contributed by atoms with Gasteiger partial charge in [0.25, 0.3) is 5.78 Å². The number of halogens is 1. The zero-order valence-corrected chi connectivity index (χ0v) is 28.8. The van der Waals surface area contributed by atoms with Crippen LogP contribution in [0.5, 0.6) is 11.5 Å². The number of pyridine rings is 1. The molecular weight excluding hydrogens is 678 g/mol. The van der Waals surface area contributed by atoms with Gasteiger partial charge < -0.3 is 19.0 Å². The van der Waals surface area contributed by atoms with E-state index in [1.165, 1.54) is 29.8 Å². The van der Waals surface area contributed by atoms with E-state index >= 15 is 0 Å². The number of fused-ring (bicyclic) bond motifs is 1. The van der Waals surface area contributed by atoms with Crippen molar-refractivity contribution in [3.63, 3.8) is 0 Å². The highest BCUT2D eigenvalue weighted by Crippen LogP contribution is 2.46. The molecule has 1 aliphatic heterocycles. The molecule has 1 amide bonds. The van der Waals surface area contributed by atoms with Gasteiger partial charge in [0.15, 0.2) is 21.6 Å². The maximum absolute atomic E-state index is 14.3. The van der Waals surface area contributed by atoms with Crippen LogP contribution in [0.1, 0.15) is 39.7 Å². The maximum Gasteiger partial charge on any atom is 0.301 e. The summed E-state index contributed by atoms with van der Waals surface area (Å²) in [5.74, 6) is -1.44. The molecular formula is C37H30FN5O5S2. The van der Waals surface area contributed by atoms with Gasteiger partial charge in [-0.25, -0.2) is 9.37 Å². The van der Waals surface area contributed by atoms with Crippen molar-refractivity contribution in [3.05, 3.63) is 136 Å². The van der Waals surface area contributed by atoms with E-state index in [1.807, 2.05) is 60.0 Å². The Morgan fingerprint density at radius 3 is 2.52 bits per heavy atom. The number of Topliss-reactive ketones (excluding diaryl/α,β-unsaturated/α-hetero) is 1. The topological polar surface area (TPSA) is 119 Å². The predicted octanol–water partition coefficient (Wildman–Crippen LogP) is 7.45.